The van der Waals surface area contributed by atoms with Crippen LogP contribution < -0.4 is 0 Å². The smallest absolute Gasteiger partial charge is 0.314 e. The van der Waals surface area contributed by atoms with E-state index >= 15 is 0 Å². The first kappa shape index (κ1) is 20.2. The maximum absolute atomic E-state index is 13.0. The molecule has 28 heavy (non-hydrogen) atoms. The fourth-order valence-corrected chi connectivity index (χ4v) is 5.29. The minimum absolute atomic E-state index is 0.151. The SMILES string of the molecule is CCOC(=O)[C@@]1(C)[C@H](C)[C@@H](n2cnc3c(Cl)nc(I)nc32)[C@@H]2OC(C)(C)O[C@@H]21. The van der Waals surface area contributed by atoms with Crippen LogP contribution in [0.4, 0.5) is 0 Å². The standard InChI is InChI=1S/C18H22ClIN4O4/c1-6-26-15(25)18(5)8(2)10(11-12(18)28-17(3,4)27-11)24-7-21-9-13(19)22-16(20)23-14(9)24/h7-8,10-12H,6H2,1-5H3/t8-,10-,11+,12+,18+/m1/s1. The summed E-state index contributed by atoms with van der Waals surface area (Å²) in [4.78, 5) is 26.1. The van der Waals surface area contributed by atoms with Crippen molar-refractivity contribution in [2.24, 2.45) is 11.3 Å². The van der Waals surface area contributed by atoms with Gasteiger partial charge in [0.2, 0.25) is 0 Å². The lowest BCUT2D eigenvalue weighted by Crippen LogP contribution is -2.44. The highest BCUT2D eigenvalue weighted by Crippen LogP contribution is 2.57. The van der Waals surface area contributed by atoms with Crippen molar-refractivity contribution in [3.8, 4) is 0 Å². The summed E-state index contributed by atoms with van der Waals surface area (Å²) < 4.78 is 20.3. The van der Waals surface area contributed by atoms with Crippen molar-refractivity contribution in [3.05, 3.63) is 15.3 Å². The average molecular weight is 521 g/mol. The van der Waals surface area contributed by atoms with E-state index in [0.717, 1.165) is 0 Å². The second kappa shape index (κ2) is 6.75. The third-order valence-electron chi connectivity index (χ3n) is 5.90. The summed E-state index contributed by atoms with van der Waals surface area (Å²) in [6.45, 7) is 9.72. The summed E-state index contributed by atoms with van der Waals surface area (Å²) in [6.07, 6.45) is 0.879. The molecule has 1 aliphatic carbocycles. The highest BCUT2D eigenvalue weighted by atomic mass is 127. The molecule has 5 atom stereocenters. The second-order valence-corrected chi connectivity index (χ2v) is 9.23. The molecule has 8 nitrogen and oxygen atoms in total. The van der Waals surface area contributed by atoms with Crippen LogP contribution in [0.3, 0.4) is 0 Å². The molecule has 1 aliphatic heterocycles. The number of imidazole rings is 1. The summed E-state index contributed by atoms with van der Waals surface area (Å²) in [5.41, 5.74) is 0.259. The number of rotatable bonds is 3. The lowest BCUT2D eigenvalue weighted by atomic mass is 9.78. The van der Waals surface area contributed by atoms with Crippen LogP contribution in [0, 0.1) is 15.2 Å². The molecule has 152 valence electrons. The molecule has 0 spiro atoms. The molecule has 0 unspecified atom stereocenters. The Morgan fingerprint density at radius 3 is 2.75 bits per heavy atom. The highest BCUT2D eigenvalue weighted by Gasteiger charge is 2.67. The Morgan fingerprint density at radius 1 is 1.36 bits per heavy atom. The van der Waals surface area contributed by atoms with Gasteiger partial charge in [-0.3, -0.25) is 4.79 Å². The summed E-state index contributed by atoms with van der Waals surface area (Å²) in [6, 6.07) is -0.229. The molecule has 0 N–H and O–H groups in total. The molecule has 2 aliphatic rings. The van der Waals surface area contributed by atoms with Crippen LogP contribution >= 0.6 is 34.2 Å². The van der Waals surface area contributed by atoms with E-state index in [1.54, 1.807) is 13.3 Å². The molecule has 2 aromatic heterocycles. The van der Waals surface area contributed by atoms with Crippen molar-refractivity contribution in [1.82, 2.24) is 19.5 Å². The first-order chi connectivity index (χ1) is 13.1. The maximum Gasteiger partial charge on any atom is 0.314 e. The number of hydrogen-bond donors (Lipinski definition) is 0. The minimum atomic E-state index is -0.875. The molecule has 0 radical (unpaired) electrons. The third-order valence-corrected chi connectivity index (χ3v) is 6.65. The fourth-order valence-electron chi connectivity index (χ4n) is 4.46. The topological polar surface area (TPSA) is 88.4 Å². The van der Waals surface area contributed by atoms with Gasteiger partial charge in [0.05, 0.1) is 24.4 Å². The molecular formula is C18H22ClIN4O4. The number of halogens is 2. The van der Waals surface area contributed by atoms with E-state index in [-0.39, 0.29) is 24.0 Å². The van der Waals surface area contributed by atoms with Gasteiger partial charge in [-0.2, -0.15) is 0 Å². The van der Waals surface area contributed by atoms with Gasteiger partial charge in [-0.25, -0.2) is 15.0 Å². The number of carbonyl (C=O) groups is 1. The van der Waals surface area contributed by atoms with Crippen LogP contribution in [-0.2, 0) is 19.0 Å². The number of nitrogens with zero attached hydrogens (tertiary/aromatic N) is 4. The number of fused-ring (bicyclic) bond motifs is 2. The third kappa shape index (κ3) is 2.85. The zero-order valence-corrected chi connectivity index (χ0v) is 19.2. The minimum Gasteiger partial charge on any atom is -0.465 e. The van der Waals surface area contributed by atoms with E-state index in [1.165, 1.54) is 0 Å². The molecule has 10 heteroatoms. The van der Waals surface area contributed by atoms with Gasteiger partial charge in [0.15, 0.2) is 20.4 Å². The van der Waals surface area contributed by atoms with Gasteiger partial charge >= 0.3 is 5.97 Å². The Bertz CT molecular complexity index is 951. The molecule has 0 amide bonds. The highest BCUT2D eigenvalue weighted by molar-refractivity contribution is 14.1. The van der Waals surface area contributed by atoms with Gasteiger partial charge in [-0.15, -0.1) is 0 Å². The molecular weight excluding hydrogens is 499 g/mol. The van der Waals surface area contributed by atoms with Crippen LogP contribution in [0.5, 0.6) is 0 Å². The van der Waals surface area contributed by atoms with Crippen LogP contribution in [0.2, 0.25) is 5.15 Å². The van der Waals surface area contributed by atoms with E-state index in [4.69, 9.17) is 25.8 Å². The molecule has 1 saturated heterocycles. The monoisotopic (exact) mass is 520 g/mol. The summed E-state index contributed by atoms with van der Waals surface area (Å²) in [7, 11) is 0. The molecule has 2 aromatic rings. The van der Waals surface area contributed by atoms with Gasteiger partial charge < -0.3 is 18.8 Å². The Morgan fingerprint density at radius 2 is 2.07 bits per heavy atom. The number of carbonyl (C=O) groups excluding carboxylic acids is 1. The predicted octanol–water partition coefficient (Wildman–Crippen LogP) is 3.36. The number of ether oxygens (including phenoxy) is 3. The Labute approximate surface area is 181 Å². The zero-order chi connectivity index (χ0) is 20.4. The van der Waals surface area contributed by atoms with E-state index in [0.29, 0.717) is 26.8 Å². The van der Waals surface area contributed by atoms with E-state index < -0.39 is 17.3 Å². The van der Waals surface area contributed by atoms with Gasteiger partial charge in [0.25, 0.3) is 0 Å². The molecule has 0 aromatic carbocycles. The van der Waals surface area contributed by atoms with Crippen molar-refractivity contribution in [2.45, 2.75) is 58.7 Å². The van der Waals surface area contributed by atoms with E-state index in [2.05, 4.69) is 15.0 Å². The second-order valence-electron chi connectivity index (χ2n) is 7.91. The Hall–Kier alpha value is -1.04. The van der Waals surface area contributed by atoms with Crippen molar-refractivity contribution >= 4 is 51.3 Å². The number of aromatic nitrogens is 4. The summed E-state index contributed by atoms with van der Waals surface area (Å²) in [5.74, 6) is -1.24. The normalized spacial score (nSPS) is 34.0. The largest absolute Gasteiger partial charge is 0.465 e. The summed E-state index contributed by atoms with van der Waals surface area (Å²) >= 11 is 8.28. The number of hydrogen-bond acceptors (Lipinski definition) is 7. The first-order valence-corrected chi connectivity index (χ1v) is 10.6. The quantitative estimate of drug-likeness (QED) is 0.265. The van der Waals surface area contributed by atoms with Gasteiger partial charge in [-0.1, -0.05) is 18.5 Å². The molecule has 4 rings (SSSR count). The molecule has 1 saturated carbocycles. The maximum atomic E-state index is 13.0. The summed E-state index contributed by atoms with van der Waals surface area (Å²) in [5, 5.41) is 0.299. The Balaban J connectivity index is 1.87. The van der Waals surface area contributed by atoms with E-state index in [9.17, 15) is 4.79 Å². The zero-order valence-electron chi connectivity index (χ0n) is 16.3. The van der Waals surface area contributed by atoms with Gasteiger partial charge in [-0.05, 0) is 33.6 Å². The van der Waals surface area contributed by atoms with Crippen molar-refractivity contribution in [2.75, 3.05) is 6.61 Å². The molecule has 0 bridgehead atoms. The van der Waals surface area contributed by atoms with Crippen molar-refractivity contribution < 1.29 is 19.0 Å². The lowest BCUT2D eigenvalue weighted by molar-refractivity contribution is -0.188. The van der Waals surface area contributed by atoms with Crippen LogP contribution in [0.1, 0.15) is 40.7 Å². The first-order valence-electron chi connectivity index (χ1n) is 9.18. The average Bonchev–Trinajstić information content (AvgIpc) is 3.20. The van der Waals surface area contributed by atoms with Crippen molar-refractivity contribution in [1.29, 1.82) is 0 Å². The molecule has 3 heterocycles. The van der Waals surface area contributed by atoms with Crippen LogP contribution in [-0.4, -0.2) is 50.1 Å². The fraction of sp³-hybridized carbons (Fsp3) is 0.667. The number of esters is 1. The van der Waals surface area contributed by atoms with Gasteiger partial charge in [0, 0.05) is 22.6 Å². The predicted molar refractivity (Wildman–Crippen MR) is 110 cm³/mol. The van der Waals surface area contributed by atoms with E-state index in [1.807, 2.05) is 54.9 Å². The van der Waals surface area contributed by atoms with Crippen molar-refractivity contribution in [3.63, 3.8) is 0 Å². The molecule has 2 fully saturated rings. The van der Waals surface area contributed by atoms with Crippen LogP contribution in [0.15, 0.2) is 6.33 Å². The van der Waals surface area contributed by atoms with Crippen LogP contribution in [0.25, 0.3) is 11.2 Å². The van der Waals surface area contributed by atoms with Gasteiger partial charge in [0.1, 0.15) is 17.7 Å². The lowest BCUT2D eigenvalue weighted by Gasteiger charge is -2.34. The Kier molecular flexibility index (Phi) is 4.88.